The van der Waals surface area contributed by atoms with Crippen LogP contribution in [0.15, 0.2) is 18.2 Å². The number of carbonyl (C=O) groups is 1. The zero-order valence-electron chi connectivity index (χ0n) is 16.3. The van der Waals surface area contributed by atoms with E-state index < -0.39 is 0 Å². The molecule has 3 aliphatic rings. The topological polar surface area (TPSA) is 42.0 Å². The minimum atomic E-state index is -0.0970. The molecule has 142 valence electrons. The second kappa shape index (κ2) is 6.54. The Balaban J connectivity index is 1.40. The quantitative estimate of drug-likeness (QED) is 0.810. The summed E-state index contributed by atoms with van der Waals surface area (Å²) in [7, 11) is 4.24. The van der Waals surface area contributed by atoms with Crippen molar-refractivity contribution in [1.29, 1.82) is 0 Å². The molecule has 26 heavy (non-hydrogen) atoms. The molecule has 0 unspecified atom stereocenters. The first-order valence-electron chi connectivity index (χ1n) is 9.69. The second-order valence-corrected chi connectivity index (χ2v) is 8.55. The minimum Gasteiger partial charge on any atom is -0.483 e. The second-order valence-electron chi connectivity index (χ2n) is 8.55. The van der Waals surface area contributed by atoms with Gasteiger partial charge in [0.1, 0.15) is 5.75 Å². The fraction of sp³-hybridized carbons (Fsp3) is 0.667. The molecular formula is C21H30N2O3. The molecule has 4 atom stereocenters. The number of fused-ring (bicyclic) bond motifs is 1. The molecule has 2 bridgehead atoms. The van der Waals surface area contributed by atoms with E-state index in [0.29, 0.717) is 17.9 Å². The van der Waals surface area contributed by atoms with Gasteiger partial charge < -0.3 is 19.3 Å². The van der Waals surface area contributed by atoms with Gasteiger partial charge in [-0.2, -0.15) is 0 Å². The number of rotatable bonds is 5. The molecule has 0 aromatic heterocycles. The van der Waals surface area contributed by atoms with E-state index in [1.54, 1.807) is 0 Å². The minimum absolute atomic E-state index is 0.0744. The van der Waals surface area contributed by atoms with E-state index in [0.717, 1.165) is 43.8 Å². The van der Waals surface area contributed by atoms with Crippen LogP contribution in [-0.4, -0.2) is 67.7 Å². The van der Waals surface area contributed by atoms with E-state index in [9.17, 15) is 4.79 Å². The first-order chi connectivity index (χ1) is 12.4. The maximum Gasteiger partial charge on any atom is 0.260 e. The number of amides is 1. The van der Waals surface area contributed by atoms with Crippen LogP contribution in [0.2, 0.25) is 0 Å². The monoisotopic (exact) mass is 358 g/mol. The van der Waals surface area contributed by atoms with Gasteiger partial charge in [-0.05, 0) is 58.0 Å². The Hall–Kier alpha value is -1.59. The molecule has 0 radical (unpaired) electrons. The average Bonchev–Trinajstić information content (AvgIpc) is 3.25. The third kappa shape index (κ3) is 2.91. The van der Waals surface area contributed by atoms with Crippen molar-refractivity contribution >= 4 is 5.91 Å². The lowest BCUT2D eigenvalue weighted by molar-refractivity contribution is -0.133. The summed E-state index contributed by atoms with van der Waals surface area (Å²) in [4.78, 5) is 17.0. The van der Waals surface area contributed by atoms with Crippen molar-refractivity contribution < 1.29 is 14.3 Å². The molecule has 0 aliphatic carbocycles. The summed E-state index contributed by atoms with van der Waals surface area (Å²) in [6.07, 6.45) is 2.61. The van der Waals surface area contributed by atoms with Gasteiger partial charge in [0, 0.05) is 24.9 Å². The highest BCUT2D eigenvalue weighted by Gasteiger charge is 2.63. The third-order valence-corrected chi connectivity index (χ3v) is 6.62. The van der Waals surface area contributed by atoms with Crippen LogP contribution in [0.3, 0.4) is 0 Å². The van der Waals surface area contributed by atoms with Crippen molar-refractivity contribution in [2.45, 2.75) is 38.4 Å². The smallest absolute Gasteiger partial charge is 0.260 e. The summed E-state index contributed by atoms with van der Waals surface area (Å²) in [5.74, 6) is 1.88. The molecule has 0 saturated carbocycles. The van der Waals surface area contributed by atoms with E-state index in [4.69, 9.17) is 9.47 Å². The first kappa shape index (κ1) is 17.8. The average molecular weight is 358 g/mol. The molecule has 3 saturated heterocycles. The van der Waals surface area contributed by atoms with Gasteiger partial charge >= 0.3 is 0 Å². The number of nitrogens with zero attached hydrogens (tertiary/aromatic N) is 2. The van der Waals surface area contributed by atoms with E-state index >= 15 is 0 Å². The molecular weight excluding hydrogens is 328 g/mol. The SMILES string of the molecule is Cc1cccc(OCC(=O)N2C[C@@H]3[C@H](CN(C)C)[C@H]4CC[C@]3(C2)O4)c1C. The molecule has 1 aromatic rings. The van der Waals surface area contributed by atoms with E-state index in [-0.39, 0.29) is 18.1 Å². The Morgan fingerprint density at radius 3 is 2.96 bits per heavy atom. The summed E-state index contributed by atoms with van der Waals surface area (Å²) in [5.41, 5.74) is 2.19. The highest BCUT2D eigenvalue weighted by molar-refractivity contribution is 5.78. The van der Waals surface area contributed by atoms with E-state index in [2.05, 4.69) is 32.0 Å². The van der Waals surface area contributed by atoms with Crippen molar-refractivity contribution in [2.75, 3.05) is 40.3 Å². The van der Waals surface area contributed by atoms with Crippen molar-refractivity contribution in [3.05, 3.63) is 29.3 Å². The van der Waals surface area contributed by atoms with Crippen LogP contribution in [0.5, 0.6) is 5.75 Å². The van der Waals surface area contributed by atoms with Gasteiger partial charge in [0.15, 0.2) is 6.61 Å². The summed E-state index contributed by atoms with van der Waals surface area (Å²) in [6.45, 7) is 6.78. The predicted molar refractivity (Wildman–Crippen MR) is 100 cm³/mol. The van der Waals surface area contributed by atoms with Gasteiger partial charge in [-0.15, -0.1) is 0 Å². The van der Waals surface area contributed by atoms with Gasteiger partial charge in [-0.25, -0.2) is 0 Å². The number of carbonyl (C=O) groups excluding carboxylic acids is 1. The van der Waals surface area contributed by atoms with Crippen LogP contribution in [0, 0.1) is 25.7 Å². The van der Waals surface area contributed by atoms with Crippen LogP contribution in [-0.2, 0) is 9.53 Å². The summed E-state index contributed by atoms with van der Waals surface area (Å²) >= 11 is 0. The van der Waals surface area contributed by atoms with Crippen molar-refractivity contribution in [3.8, 4) is 5.75 Å². The van der Waals surface area contributed by atoms with Gasteiger partial charge in [0.2, 0.25) is 0 Å². The van der Waals surface area contributed by atoms with Gasteiger partial charge in [0.25, 0.3) is 5.91 Å². The number of hydrogen-bond donors (Lipinski definition) is 0. The Kier molecular flexibility index (Phi) is 4.48. The fourth-order valence-electron chi connectivity index (χ4n) is 5.16. The fourth-order valence-corrected chi connectivity index (χ4v) is 5.16. The van der Waals surface area contributed by atoms with E-state index in [1.165, 1.54) is 5.56 Å². The lowest BCUT2D eigenvalue weighted by Crippen LogP contribution is -2.40. The van der Waals surface area contributed by atoms with Crippen LogP contribution >= 0.6 is 0 Å². The normalized spacial score (nSPS) is 32.3. The molecule has 3 aliphatic heterocycles. The van der Waals surface area contributed by atoms with Crippen LogP contribution < -0.4 is 4.74 Å². The molecule has 1 amide bonds. The van der Waals surface area contributed by atoms with Crippen LogP contribution in [0.25, 0.3) is 0 Å². The Bertz CT molecular complexity index is 704. The number of ether oxygens (including phenoxy) is 2. The van der Waals surface area contributed by atoms with Crippen molar-refractivity contribution in [2.24, 2.45) is 11.8 Å². The standard InChI is InChI=1S/C21H30N2O3/c1-14-6-5-7-18(15(14)2)25-12-20(24)23-11-17-16(10-22(3)4)19-8-9-21(17,13-23)26-19/h5-7,16-17,19H,8-13H2,1-4H3/t16-,17+,19+,21+/m0/s1. The first-order valence-corrected chi connectivity index (χ1v) is 9.69. The molecule has 5 nitrogen and oxygen atoms in total. The van der Waals surface area contributed by atoms with Gasteiger partial charge in [-0.1, -0.05) is 12.1 Å². The van der Waals surface area contributed by atoms with Crippen molar-refractivity contribution in [3.63, 3.8) is 0 Å². The lowest BCUT2D eigenvalue weighted by atomic mass is 9.73. The number of aryl methyl sites for hydroxylation is 1. The zero-order valence-corrected chi connectivity index (χ0v) is 16.3. The molecule has 3 heterocycles. The number of benzene rings is 1. The molecule has 4 rings (SSSR count). The van der Waals surface area contributed by atoms with Crippen molar-refractivity contribution in [1.82, 2.24) is 9.80 Å². The van der Waals surface area contributed by atoms with Gasteiger partial charge in [0.05, 0.1) is 18.2 Å². The zero-order chi connectivity index (χ0) is 18.5. The Morgan fingerprint density at radius 2 is 2.19 bits per heavy atom. The third-order valence-electron chi connectivity index (χ3n) is 6.62. The van der Waals surface area contributed by atoms with Crippen LogP contribution in [0.4, 0.5) is 0 Å². The largest absolute Gasteiger partial charge is 0.483 e. The maximum atomic E-state index is 12.8. The van der Waals surface area contributed by atoms with E-state index in [1.807, 2.05) is 24.0 Å². The number of hydrogen-bond acceptors (Lipinski definition) is 4. The maximum absolute atomic E-state index is 12.8. The van der Waals surface area contributed by atoms with Crippen LogP contribution in [0.1, 0.15) is 24.0 Å². The predicted octanol–water partition coefficient (Wildman–Crippen LogP) is 2.25. The number of likely N-dealkylation sites (tertiary alicyclic amines) is 1. The molecule has 1 aromatic carbocycles. The Morgan fingerprint density at radius 1 is 1.38 bits per heavy atom. The molecule has 1 spiro atoms. The summed E-state index contributed by atoms with van der Waals surface area (Å²) in [5, 5.41) is 0. The Labute approximate surface area is 156 Å². The molecule has 0 N–H and O–H groups in total. The molecule has 3 fully saturated rings. The molecule has 5 heteroatoms. The van der Waals surface area contributed by atoms with Gasteiger partial charge in [-0.3, -0.25) is 4.79 Å². The summed E-state index contributed by atoms with van der Waals surface area (Å²) < 4.78 is 12.3. The summed E-state index contributed by atoms with van der Waals surface area (Å²) in [6, 6.07) is 5.97. The lowest BCUT2D eigenvalue weighted by Gasteiger charge is -2.30. The highest BCUT2D eigenvalue weighted by Crippen LogP contribution is 2.54. The highest BCUT2D eigenvalue weighted by atomic mass is 16.5.